The van der Waals surface area contributed by atoms with Crippen molar-refractivity contribution in [3.8, 4) is 0 Å². The first kappa shape index (κ1) is 7.45. The Kier molecular flexibility index (Phi) is 4.91. The van der Waals surface area contributed by atoms with Crippen LogP contribution in [0.25, 0.3) is 0 Å². The summed E-state index contributed by atoms with van der Waals surface area (Å²) < 4.78 is 9.89. The van der Waals surface area contributed by atoms with Crippen LogP contribution in [-0.4, -0.2) is 26.4 Å². The first-order valence-electron chi connectivity index (χ1n) is 2.15. The molecule has 0 saturated carbocycles. The molecule has 0 bridgehead atoms. The van der Waals surface area contributed by atoms with Crippen LogP contribution in [0.5, 0.6) is 0 Å². The van der Waals surface area contributed by atoms with E-state index in [1.807, 2.05) is 0 Å². The second-order valence-electron chi connectivity index (χ2n) is 1.22. The molecule has 0 atom stereocenters. The summed E-state index contributed by atoms with van der Waals surface area (Å²) in [6, 6.07) is 0. The van der Waals surface area contributed by atoms with Gasteiger partial charge < -0.3 is 9.47 Å². The molecular formula is C4H8CrO2. The van der Waals surface area contributed by atoms with Crippen LogP contribution in [0.4, 0.5) is 0 Å². The topological polar surface area (TPSA) is 18.5 Å². The molecule has 1 heterocycles. The van der Waals surface area contributed by atoms with Gasteiger partial charge in [-0.3, -0.25) is 0 Å². The maximum Gasteiger partial charge on any atom is 0.0701 e. The molecule has 0 aromatic heterocycles. The van der Waals surface area contributed by atoms with Gasteiger partial charge in [0.1, 0.15) is 0 Å². The van der Waals surface area contributed by atoms with Crippen molar-refractivity contribution in [3.05, 3.63) is 0 Å². The van der Waals surface area contributed by atoms with E-state index in [1.54, 1.807) is 0 Å². The Morgan fingerprint density at radius 2 is 1.00 bits per heavy atom. The molecule has 0 aromatic carbocycles. The molecule has 2 nitrogen and oxygen atoms in total. The SMILES string of the molecule is C1COCCO1.[Cr]. The van der Waals surface area contributed by atoms with Crippen LogP contribution >= 0.6 is 0 Å². The van der Waals surface area contributed by atoms with Crippen molar-refractivity contribution in [3.63, 3.8) is 0 Å². The second-order valence-corrected chi connectivity index (χ2v) is 1.22. The Bertz CT molecular complexity index is 25.2. The van der Waals surface area contributed by atoms with E-state index in [9.17, 15) is 0 Å². The van der Waals surface area contributed by atoms with Gasteiger partial charge in [0.25, 0.3) is 0 Å². The van der Waals surface area contributed by atoms with Crippen molar-refractivity contribution in [1.29, 1.82) is 0 Å². The predicted molar refractivity (Wildman–Crippen MR) is 21.6 cm³/mol. The summed E-state index contributed by atoms with van der Waals surface area (Å²) in [6.07, 6.45) is 0. The number of ether oxygens (including phenoxy) is 2. The fourth-order valence-corrected chi connectivity index (χ4v) is 0.440. The minimum atomic E-state index is 0. The summed E-state index contributed by atoms with van der Waals surface area (Å²) in [5, 5.41) is 0. The molecule has 0 radical (unpaired) electrons. The molecule has 7 heavy (non-hydrogen) atoms. The third kappa shape index (κ3) is 3.07. The van der Waals surface area contributed by atoms with Crippen LogP contribution < -0.4 is 0 Å². The molecule has 1 rings (SSSR count). The third-order valence-corrected chi connectivity index (χ3v) is 0.744. The Morgan fingerprint density at radius 1 is 0.714 bits per heavy atom. The van der Waals surface area contributed by atoms with Crippen LogP contribution in [-0.2, 0) is 26.8 Å². The minimum Gasteiger partial charge on any atom is -0.377 e. The Hall–Kier alpha value is 0.452. The fraction of sp³-hybridized carbons (Fsp3) is 1.00. The van der Waals surface area contributed by atoms with Crippen molar-refractivity contribution in [2.45, 2.75) is 0 Å². The minimum absolute atomic E-state index is 0. The summed E-state index contributed by atoms with van der Waals surface area (Å²) in [4.78, 5) is 0. The van der Waals surface area contributed by atoms with Crippen LogP contribution in [0.1, 0.15) is 0 Å². The van der Waals surface area contributed by atoms with Crippen LogP contribution in [0.15, 0.2) is 0 Å². The van der Waals surface area contributed by atoms with Gasteiger partial charge in [0.05, 0.1) is 26.4 Å². The average Bonchev–Trinajstić information content (AvgIpc) is 1.72. The number of rotatable bonds is 0. The molecule has 3 heteroatoms. The average molecular weight is 140 g/mol. The smallest absolute Gasteiger partial charge is 0.0701 e. The van der Waals surface area contributed by atoms with Gasteiger partial charge in [-0.1, -0.05) is 0 Å². The van der Waals surface area contributed by atoms with Crippen molar-refractivity contribution < 1.29 is 26.8 Å². The number of hydrogen-bond donors (Lipinski definition) is 0. The van der Waals surface area contributed by atoms with E-state index in [4.69, 9.17) is 9.47 Å². The molecule has 0 unspecified atom stereocenters. The fourth-order valence-electron chi connectivity index (χ4n) is 0.440. The van der Waals surface area contributed by atoms with Gasteiger partial charge in [-0.15, -0.1) is 0 Å². The largest absolute Gasteiger partial charge is 0.377 e. The molecule has 1 fully saturated rings. The van der Waals surface area contributed by atoms with E-state index in [2.05, 4.69) is 0 Å². The molecular weight excluding hydrogens is 132 g/mol. The number of hydrogen-bond acceptors (Lipinski definition) is 2. The Labute approximate surface area is 53.9 Å². The molecule has 0 spiro atoms. The molecule has 1 aliphatic rings. The van der Waals surface area contributed by atoms with Crippen molar-refractivity contribution >= 4 is 0 Å². The van der Waals surface area contributed by atoms with E-state index in [-0.39, 0.29) is 17.4 Å². The van der Waals surface area contributed by atoms with E-state index >= 15 is 0 Å². The molecule has 0 aliphatic carbocycles. The third-order valence-electron chi connectivity index (χ3n) is 0.744. The van der Waals surface area contributed by atoms with Gasteiger partial charge in [-0.25, -0.2) is 0 Å². The Morgan fingerprint density at radius 3 is 1.14 bits per heavy atom. The van der Waals surface area contributed by atoms with Gasteiger partial charge in [0.15, 0.2) is 0 Å². The maximum atomic E-state index is 4.94. The monoisotopic (exact) mass is 140 g/mol. The predicted octanol–water partition coefficient (Wildman–Crippen LogP) is 0.0307. The second kappa shape index (κ2) is 4.61. The van der Waals surface area contributed by atoms with Gasteiger partial charge >= 0.3 is 0 Å². The molecule has 42 valence electrons. The normalized spacial score (nSPS) is 20.6. The van der Waals surface area contributed by atoms with E-state index in [0.29, 0.717) is 0 Å². The van der Waals surface area contributed by atoms with Gasteiger partial charge in [0.2, 0.25) is 0 Å². The van der Waals surface area contributed by atoms with Gasteiger partial charge in [-0.2, -0.15) is 0 Å². The molecule has 0 amide bonds. The zero-order valence-electron chi connectivity index (χ0n) is 4.05. The van der Waals surface area contributed by atoms with E-state index < -0.39 is 0 Å². The summed E-state index contributed by atoms with van der Waals surface area (Å²) >= 11 is 0. The molecule has 1 saturated heterocycles. The van der Waals surface area contributed by atoms with Crippen LogP contribution in [0.3, 0.4) is 0 Å². The quantitative estimate of drug-likeness (QED) is 0.472. The molecule has 0 N–H and O–H groups in total. The van der Waals surface area contributed by atoms with Crippen molar-refractivity contribution in [2.75, 3.05) is 26.4 Å². The zero-order valence-corrected chi connectivity index (χ0v) is 5.33. The first-order valence-corrected chi connectivity index (χ1v) is 2.15. The van der Waals surface area contributed by atoms with Crippen LogP contribution in [0.2, 0.25) is 0 Å². The van der Waals surface area contributed by atoms with Gasteiger partial charge in [-0.05, 0) is 0 Å². The molecule has 0 aromatic rings. The zero-order chi connectivity index (χ0) is 4.24. The first-order chi connectivity index (χ1) is 3.00. The summed E-state index contributed by atoms with van der Waals surface area (Å²) in [5.41, 5.74) is 0. The van der Waals surface area contributed by atoms with Gasteiger partial charge in [0, 0.05) is 17.4 Å². The van der Waals surface area contributed by atoms with Crippen LogP contribution in [0, 0.1) is 0 Å². The van der Waals surface area contributed by atoms with Crippen molar-refractivity contribution in [1.82, 2.24) is 0 Å². The van der Waals surface area contributed by atoms with E-state index in [0.717, 1.165) is 26.4 Å². The maximum absolute atomic E-state index is 4.94. The Balaban J connectivity index is 0.000000360. The summed E-state index contributed by atoms with van der Waals surface area (Å²) in [5.74, 6) is 0. The molecule has 1 aliphatic heterocycles. The van der Waals surface area contributed by atoms with Crippen molar-refractivity contribution in [2.24, 2.45) is 0 Å². The summed E-state index contributed by atoms with van der Waals surface area (Å²) in [6.45, 7) is 3.11. The van der Waals surface area contributed by atoms with E-state index in [1.165, 1.54) is 0 Å². The standard InChI is InChI=1S/C4H8O2.Cr/c1-2-6-4-3-5-1;/h1-4H2;. The summed E-state index contributed by atoms with van der Waals surface area (Å²) in [7, 11) is 0.